The van der Waals surface area contributed by atoms with Gasteiger partial charge in [0.1, 0.15) is 0 Å². The van der Waals surface area contributed by atoms with Crippen molar-refractivity contribution < 1.29 is 24.0 Å². The largest absolute Gasteiger partial charge is 1.00 e. The molecule has 0 aromatic carbocycles. The van der Waals surface area contributed by atoms with Gasteiger partial charge in [-0.05, 0) is 0 Å². The monoisotopic (exact) mass is 78.1 g/mol. The van der Waals surface area contributed by atoms with E-state index < -0.39 is 0 Å². The average Bonchev–Trinajstić information content (AvgIpc) is 1.41. The summed E-state index contributed by atoms with van der Waals surface area (Å²) in [7, 11) is 0. The van der Waals surface area contributed by atoms with Gasteiger partial charge in [-0.3, -0.25) is 0 Å². The third kappa shape index (κ3) is 8.85. The topological polar surface area (TPSA) is 23.1 Å². The van der Waals surface area contributed by atoms with Crippen LogP contribution in [0.2, 0.25) is 0 Å². The molecule has 0 aromatic heterocycles. The van der Waals surface area contributed by atoms with Gasteiger partial charge in [-0.15, -0.1) is 13.2 Å². The molecular weight excluding hydrogens is 71.0 g/mol. The Morgan fingerprint density at radius 1 is 1.67 bits per heavy atom. The Morgan fingerprint density at radius 3 is 2.17 bits per heavy atom. The van der Waals surface area contributed by atoms with Crippen molar-refractivity contribution in [3.05, 3.63) is 12.7 Å². The van der Waals surface area contributed by atoms with Gasteiger partial charge in [0.25, 0.3) is 0 Å². The minimum absolute atomic E-state index is 0. The number of rotatable bonds is 2. The van der Waals surface area contributed by atoms with Crippen molar-refractivity contribution in [1.82, 2.24) is 0 Å². The quantitative estimate of drug-likeness (QED) is 0.254. The van der Waals surface area contributed by atoms with E-state index in [-0.39, 0.29) is 25.5 Å². The third-order valence-electron chi connectivity index (χ3n) is 0.322. The maximum atomic E-state index is 9.46. The van der Waals surface area contributed by atoms with Crippen LogP contribution in [-0.4, -0.2) is 6.61 Å². The van der Waals surface area contributed by atoms with E-state index in [4.69, 9.17) is 0 Å². The van der Waals surface area contributed by atoms with Gasteiger partial charge in [0, 0.05) is 0 Å². The Kier molecular flexibility index (Phi) is 14.4. The summed E-state index contributed by atoms with van der Waals surface area (Å²) in [6.07, 6.45) is 2.22. The van der Waals surface area contributed by atoms with Crippen molar-refractivity contribution in [3.63, 3.8) is 0 Å². The maximum absolute atomic E-state index is 9.46. The summed E-state index contributed by atoms with van der Waals surface area (Å²) >= 11 is 0. The van der Waals surface area contributed by atoms with Crippen LogP contribution in [0.15, 0.2) is 12.7 Å². The van der Waals surface area contributed by atoms with Crippen LogP contribution in [0.3, 0.4) is 0 Å². The normalized spacial score (nSPS) is 6.17. The van der Waals surface area contributed by atoms with Gasteiger partial charge in [0.2, 0.25) is 0 Å². The Labute approximate surface area is 50.2 Å². The minimum Gasteiger partial charge on any atom is -0.854 e. The zero-order chi connectivity index (χ0) is 4.12. The summed E-state index contributed by atoms with van der Waals surface area (Å²) < 4.78 is 0. The third-order valence-corrected chi connectivity index (χ3v) is 0.322. The second kappa shape index (κ2) is 9.00. The predicted molar refractivity (Wildman–Crippen MR) is 19.7 cm³/mol. The first-order valence-corrected chi connectivity index (χ1v) is 1.61. The van der Waals surface area contributed by atoms with Crippen LogP contribution in [0.5, 0.6) is 0 Å². The molecule has 0 aliphatic rings. The van der Waals surface area contributed by atoms with Gasteiger partial charge in [-0.2, -0.15) is 0 Å². The van der Waals surface area contributed by atoms with Crippen molar-refractivity contribution in [2.45, 2.75) is 6.42 Å². The van der Waals surface area contributed by atoms with Crippen molar-refractivity contribution in [2.24, 2.45) is 0 Å². The predicted octanol–water partition coefficient (Wildman–Crippen LogP) is -3.07. The number of hydrogen-bond acceptors (Lipinski definition) is 1. The Balaban J connectivity index is 0. The minimum atomic E-state index is -0.0243. The number of hydrogen-bond donors (Lipinski definition) is 0. The second-order valence-electron chi connectivity index (χ2n) is 0.781. The first-order valence-electron chi connectivity index (χ1n) is 1.61. The van der Waals surface area contributed by atoms with Gasteiger partial charge < -0.3 is 5.11 Å². The zero-order valence-electron chi connectivity index (χ0n) is 4.11. The molecule has 0 aliphatic heterocycles. The SMILES string of the molecule is C=CCC[O-].[Li+]. The van der Waals surface area contributed by atoms with E-state index in [1.54, 1.807) is 6.08 Å². The molecule has 0 N–H and O–H groups in total. The molecular formula is C4H7LiO. The van der Waals surface area contributed by atoms with Crippen molar-refractivity contribution in [1.29, 1.82) is 0 Å². The first kappa shape index (κ1) is 9.57. The van der Waals surface area contributed by atoms with Gasteiger partial charge in [-0.25, -0.2) is 0 Å². The van der Waals surface area contributed by atoms with Crippen LogP contribution in [-0.2, 0) is 0 Å². The van der Waals surface area contributed by atoms with E-state index in [1.165, 1.54) is 0 Å². The zero-order valence-corrected chi connectivity index (χ0v) is 4.11. The standard InChI is InChI=1S/C4H7O.Li/c1-2-3-4-5;/h2H,1,3-4H2;/q-1;+1. The maximum Gasteiger partial charge on any atom is 1.00 e. The molecule has 0 aliphatic carbocycles. The van der Waals surface area contributed by atoms with Crippen molar-refractivity contribution >= 4 is 0 Å². The van der Waals surface area contributed by atoms with Gasteiger partial charge >= 0.3 is 18.9 Å². The molecule has 0 atom stereocenters. The molecule has 0 heterocycles. The summed E-state index contributed by atoms with van der Waals surface area (Å²) in [6.45, 7) is 3.33. The van der Waals surface area contributed by atoms with Crippen LogP contribution >= 0.6 is 0 Å². The molecule has 0 saturated heterocycles. The fourth-order valence-corrected chi connectivity index (χ4v) is 0.0833. The van der Waals surface area contributed by atoms with E-state index in [1.807, 2.05) is 0 Å². The molecule has 2 heteroatoms. The summed E-state index contributed by atoms with van der Waals surface area (Å²) in [4.78, 5) is 0. The molecule has 0 amide bonds. The van der Waals surface area contributed by atoms with Gasteiger partial charge in [0.15, 0.2) is 0 Å². The molecule has 1 nitrogen and oxygen atoms in total. The molecule has 0 radical (unpaired) electrons. The van der Waals surface area contributed by atoms with Crippen LogP contribution in [0, 0.1) is 0 Å². The van der Waals surface area contributed by atoms with E-state index in [0.717, 1.165) is 0 Å². The van der Waals surface area contributed by atoms with Crippen molar-refractivity contribution in [2.75, 3.05) is 6.61 Å². The molecule has 30 valence electrons. The van der Waals surface area contributed by atoms with Crippen LogP contribution in [0.25, 0.3) is 0 Å². The van der Waals surface area contributed by atoms with E-state index in [9.17, 15) is 5.11 Å². The van der Waals surface area contributed by atoms with Gasteiger partial charge in [-0.1, -0.05) is 12.5 Å². The Bertz CT molecular complexity index is 28.7. The van der Waals surface area contributed by atoms with Crippen LogP contribution in [0.1, 0.15) is 6.42 Å². The molecule has 0 saturated carbocycles. The van der Waals surface area contributed by atoms with E-state index in [0.29, 0.717) is 6.42 Å². The van der Waals surface area contributed by atoms with Crippen molar-refractivity contribution in [3.8, 4) is 0 Å². The Morgan fingerprint density at radius 2 is 2.17 bits per heavy atom. The summed E-state index contributed by atoms with van der Waals surface area (Å²) in [5.41, 5.74) is 0. The fraction of sp³-hybridized carbons (Fsp3) is 0.500. The second-order valence-corrected chi connectivity index (χ2v) is 0.781. The molecule has 6 heavy (non-hydrogen) atoms. The molecule has 0 fully saturated rings. The fourth-order valence-electron chi connectivity index (χ4n) is 0.0833. The van der Waals surface area contributed by atoms with Crippen LogP contribution < -0.4 is 24.0 Å². The smallest absolute Gasteiger partial charge is 0.854 e. The summed E-state index contributed by atoms with van der Waals surface area (Å²) in [5.74, 6) is 0. The Hall–Kier alpha value is 0.297. The molecule has 0 rings (SSSR count). The molecule has 0 spiro atoms. The van der Waals surface area contributed by atoms with E-state index in [2.05, 4.69) is 6.58 Å². The molecule has 0 aromatic rings. The van der Waals surface area contributed by atoms with Crippen LogP contribution in [0.4, 0.5) is 0 Å². The first-order chi connectivity index (χ1) is 2.41. The average molecular weight is 78.0 g/mol. The summed E-state index contributed by atoms with van der Waals surface area (Å²) in [6, 6.07) is 0. The molecule has 0 bridgehead atoms. The summed E-state index contributed by atoms with van der Waals surface area (Å²) in [5, 5.41) is 9.46. The van der Waals surface area contributed by atoms with Gasteiger partial charge in [0.05, 0.1) is 0 Å². The van der Waals surface area contributed by atoms with E-state index >= 15 is 0 Å². The molecule has 0 unspecified atom stereocenters.